The topological polar surface area (TPSA) is 73.6 Å². The second-order valence-electron chi connectivity index (χ2n) is 4.90. The van der Waals surface area contributed by atoms with E-state index in [0.717, 1.165) is 45.1 Å². The van der Waals surface area contributed by atoms with Gasteiger partial charge in [-0.2, -0.15) is 0 Å². The van der Waals surface area contributed by atoms with Gasteiger partial charge in [-0.1, -0.05) is 6.42 Å². The van der Waals surface area contributed by atoms with Gasteiger partial charge in [0.1, 0.15) is 0 Å². The van der Waals surface area contributed by atoms with Crippen LogP contribution in [0.1, 0.15) is 51.4 Å². The lowest BCUT2D eigenvalue weighted by molar-refractivity contribution is -0.121. The molecule has 0 aromatic carbocycles. The molecule has 2 unspecified atom stereocenters. The highest BCUT2D eigenvalue weighted by Gasteiger charge is 2.21. The van der Waals surface area contributed by atoms with Crippen LogP contribution in [0, 0.1) is 0 Å². The summed E-state index contributed by atoms with van der Waals surface area (Å²) >= 11 is 0. The fourth-order valence-electron chi connectivity index (χ4n) is 2.35. The molecule has 0 bridgehead atoms. The van der Waals surface area contributed by atoms with E-state index in [1.54, 1.807) is 7.11 Å². The largest absolute Gasteiger partial charge is 0.381 e. The van der Waals surface area contributed by atoms with E-state index >= 15 is 0 Å². The Labute approximate surface area is 109 Å². The molecule has 18 heavy (non-hydrogen) atoms. The first-order valence-electron chi connectivity index (χ1n) is 6.90. The number of hydrogen-bond donors (Lipinski definition) is 2. The maximum Gasteiger partial charge on any atom is 0.233 e. The van der Waals surface area contributed by atoms with Crippen LogP contribution in [-0.4, -0.2) is 31.8 Å². The molecule has 0 aliphatic heterocycles. The number of nitrogens with two attached hydrogens (primary N) is 1. The van der Waals surface area contributed by atoms with Crippen molar-refractivity contribution in [1.82, 2.24) is 5.43 Å². The van der Waals surface area contributed by atoms with Crippen molar-refractivity contribution in [2.75, 3.05) is 13.7 Å². The van der Waals surface area contributed by atoms with Crippen LogP contribution in [0.5, 0.6) is 0 Å². The van der Waals surface area contributed by atoms with Crippen LogP contribution in [0.2, 0.25) is 0 Å². The normalized spacial score (nSPS) is 23.9. The zero-order chi connectivity index (χ0) is 13.2. The minimum atomic E-state index is -0.0915. The minimum Gasteiger partial charge on any atom is -0.381 e. The van der Waals surface area contributed by atoms with Crippen LogP contribution >= 0.6 is 0 Å². The highest BCUT2D eigenvalue weighted by molar-refractivity contribution is 5.74. The van der Waals surface area contributed by atoms with Crippen molar-refractivity contribution in [3.8, 4) is 0 Å². The van der Waals surface area contributed by atoms with E-state index in [1.807, 2.05) is 0 Å². The molecular formula is C13H26N2O3. The number of rotatable bonds is 8. The predicted octanol–water partition coefficient (Wildman–Crippen LogP) is 1.51. The smallest absolute Gasteiger partial charge is 0.233 e. The second-order valence-corrected chi connectivity index (χ2v) is 4.90. The third-order valence-corrected chi connectivity index (χ3v) is 3.47. The summed E-state index contributed by atoms with van der Waals surface area (Å²) in [6.07, 6.45) is 8.64. The molecule has 1 saturated carbocycles. The van der Waals surface area contributed by atoms with Crippen LogP contribution in [0.3, 0.4) is 0 Å². The molecule has 0 saturated heterocycles. The summed E-state index contributed by atoms with van der Waals surface area (Å²) in [5.41, 5.74) is 2.13. The number of unbranched alkanes of at least 4 members (excludes halogenated alkanes) is 2. The first-order valence-corrected chi connectivity index (χ1v) is 6.90. The molecule has 1 rings (SSSR count). The van der Waals surface area contributed by atoms with Gasteiger partial charge in [-0.15, -0.1) is 0 Å². The van der Waals surface area contributed by atoms with Crippen LogP contribution < -0.4 is 11.3 Å². The van der Waals surface area contributed by atoms with Crippen LogP contribution in [0.15, 0.2) is 0 Å². The molecule has 0 aromatic rings. The molecular weight excluding hydrogens is 232 g/mol. The Morgan fingerprint density at radius 3 is 2.78 bits per heavy atom. The molecule has 0 aromatic heterocycles. The summed E-state index contributed by atoms with van der Waals surface area (Å²) < 4.78 is 11.2. The lowest BCUT2D eigenvalue weighted by Gasteiger charge is -2.28. The van der Waals surface area contributed by atoms with Crippen molar-refractivity contribution < 1.29 is 14.3 Å². The molecule has 5 heteroatoms. The zero-order valence-electron chi connectivity index (χ0n) is 11.3. The molecule has 0 heterocycles. The summed E-state index contributed by atoms with van der Waals surface area (Å²) in [7, 11) is 1.77. The van der Waals surface area contributed by atoms with E-state index < -0.39 is 0 Å². The predicted molar refractivity (Wildman–Crippen MR) is 69.8 cm³/mol. The number of hydrazine groups is 1. The first kappa shape index (κ1) is 15.4. The van der Waals surface area contributed by atoms with Gasteiger partial charge in [-0.3, -0.25) is 10.2 Å². The summed E-state index contributed by atoms with van der Waals surface area (Å²) in [6.45, 7) is 0.783. The minimum absolute atomic E-state index is 0.0915. The Kier molecular flexibility index (Phi) is 7.96. The fraction of sp³-hybridized carbons (Fsp3) is 0.923. The SMILES string of the molecule is COC1CCCC(OCCCCCC(=O)NN)C1. The number of carbonyl (C=O) groups is 1. The third kappa shape index (κ3) is 6.33. The van der Waals surface area contributed by atoms with Gasteiger partial charge >= 0.3 is 0 Å². The Balaban J connectivity index is 1.95. The number of nitrogens with one attached hydrogen (secondary N) is 1. The fourth-order valence-corrected chi connectivity index (χ4v) is 2.35. The van der Waals surface area contributed by atoms with Crippen molar-refractivity contribution in [2.45, 2.75) is 63.6 Å². The number of hydrogen-bond acceptors (Lipinski definition) is 4. The van der Waals surface area contributed by atoms with E-state index in [-0.39, 0.29) is 5.91 Å². The van der Waals surface area contributed by atoms with Gasteiger partial charge in [0.05, 0.1) is 12.2 Å². The van der Waals surface area contributed by atoms with Gasteiger partial charge < -0.3 is 9.47 Å². The Hall–Kier alpha value is -0.650. The molecule has 0 spiro atoms. The summed E-state index contributed by atoms with van der Waals surface area (Å²) in [5.74, 6) is 4.91. The van der Waals surface area contributed by atoms with E-state index in [4.69, 9.17) is 15.3 Å². The van der Waals surface area contributed by atoms with Crippen molar-refractivity contribution in [3.05, 3.63) is 0 Å². The molecule has 5 nitrogen and oxygen atoms in total. The Morgan fingerprint density at radius 2 is 2.06 bits per heavy atom. The van der Waals surface area contributed by atoms with E-state index in [0.29, 0.717) is 18.6 Å². The molecule has 2 atom stereocenters. The average molecular weight is 258 g/mol. The van der Waals surface area contributed by atoms with Crippen LogP contribution in [0.25, 0.3) is 0 Å². The van der Waals surface area contributed by atoms with E-state index in [1.165, 1.54) is 6.42 Å². The lowest BCUT2D eigenvalue weighted by atomic mass is 9.95. The van der Waals surface area contributed by atoms with E-state index in [2.05, 4.69) is 5.43 Å². The zero-order valence-corrected chi connectivity index (χ0v) is 11.3. The number of methoxy groups -OCH3 is 1. The van der Waals surface area contributed by atoms with Crippen LogP contribution in [0.4, 0.5) is 0 Å². The highest BCUT2D eigenvalue weighted by Crippen LogP contribution is 2.23. The molecule has 1 aliphatic carbocycles. The second kappa shape index (κ2) is 9.30. The quantitative estimate of drug-likeness (QED) is 0.299. The van der Waals surface area contributed by atoms with Gasteiger partial charge in [0, 0.05) is 20.1 Å². The lowest BCUT2D eigenvalue weighted by Crippen LogP contribution is -2.29. The van der Waals surface area contributed by atoms with Crippen LogP contribution in [-0.2, 0) is 14.3 Å². The molecule has 1 amide bonds. The summed E-state index contributed by atoms with van der Waals surface area (Å²) in [6, 6.07) is 0. The van der Waals surface area contributed by atoms with Crippen molar-refractivity contribution in [1.29, 1.82) is 0 Å². The third-order valence-electron chi connectivity index (χ3n) is 3.47. The Bertz CT molecular complexity index is 236. The molecule has 106 valence electrons. The van der Waals surface area contributed by atoms with Gasteiger partial charge in [0.2, 0.25) is 5.91 Å². The molecule has 0 radical (unpaired) electrons. The molecule has 1 aliphatic rings. The first-order chi connectivity index (χ1) is 8.76. The Morgan fingerprint density at radius 1 is 1.28 bits per heavy atom. The summed E-state index contributed by atoms with van der Waals surface area (Å²) in [5, 5.41) is 0. The monoisotopic (exact) mass is 258 g/mol. The maximum atomic E-state index is 10.9. The van der Waals surface area contributed by atoms with Crippen molar-refractivity contribution in [3.63, 3.8) is 0 Å². The number of amides is 1. The van der Waals surface area contributed by atoms with Gasteiger partial charge in [-0.05, 0) is 38.5 Å². The molecule has 3 N–H and O–H groups in total. The van der Waals surface area contributed by atoms with Crippen molar-refractivity contribution in [2.24, 2.45) is 5.84 Å². The standard InChI is InChI=1S/C13H26N2O3/c1-17-11-6-5-7-12(10-11)18-9-4-2-3-8-13(16)15-14/h11-12H,2-10,14H2,1H3,(H,15,16). The van der Waals surface area contributed by atoms with Gasteiger partial charge in [0.25, 0.3) is 0 Å². The highest BCUT2D eigenvalue weighted by atomic mass is 16.5. The average Bonchev–Trinajstić information content (AvgIpc) is 2.42. The molecule has 1 fully saturated rings. The van der Waals surface area contributed by atoms with E-state index in [9.17, 15) is 4.79 Å². The maximum absolute atomic E-state index is 10.9. The van der Waals surface area contributed by atoms with Gasteiger partial charge in [-0.25, -0.2) is 5.84 Å². The van der Waals surface area contributed by atoms with Gasteiger partial charge in [0.15, 0.2) is 0 Å². The number of ether oxygens (including phenoxy) is 2. The number of carbonyl (C=O) groups excluding carboxylic acids is 1. The van der Waals surface area contributed by atoms with Crippen molar-refractivity contribution >= 4 is 5.91 Å². The summed E-state index contributed by atoms with van der Waals surface area (Å²) in [4.78, 5) is 10.9.